The normalized spacial score (nSPS) is 33.7. The van der Waals surface area contributed by atoms with Crippen LogP contribution in [-0.4, -0.2) is 23.8 Å². The monoisotopic (exact) mass is 241 g/mol. The highest BCUT2D eigenvalue weighted by atomic mass is 16.3. The molecule has 2 N–H and O–H groups in total. The van der Waals surface area contributed by atoms with Gasteiger partial charge in [0.2, 0.25) is 0 Å². The predicted octanol–water partition coefficient (Wildman–Crippen LogP) is 3.06. The molecule has 1 aliphatic rings. The van der Waals surface area contributed by atoms with E-state index in [0.717, 1.165) is 24.9 Å². The topological polar surface area (TPSA) is 32.3 Å². The SMILES string of the molecule is CC(C)CNCC(C)(O)C1CCC(C)C(C)C1. The maximum atomic E-state index is 10.6. The minimum absolute atomic E-state index is 0.466. The van der Waals surface area contributed by atoms with Crippen molar-refractivity contribution in [3.63, 3.8) is 0 Å². The van der Waals surface area contributed by atoms with Crippen LogP contribution in [0.4, 0.5) is 0 Å². The van der Waals surface area contributed by atoms with E-state index in [1.54, 1.807) is 0 Å². The van der Waals surface area contributed by atoms with Gasteiger partial charge in [-0.3, -0.25) is 0 Å². The summed E-state index contributed by atoms with van der Waals surface area (Å²) in [5.74, 6) is 2.69. The van der Waals surface area contributed by atoms with Crippen molar-refractivity contribution in [1.82, 2.24) is 5.32 Å². The van der Waals surface area contributed by atoms with Gasteiger partial charge in [0.15, 0.2) is 0 Å². The molecule has 0 aromatic heterocycles. The van der Waals surface area contributed by atoms with E-state index in [-0.39, 0.29) is 0 Å². The zero-order chi connectivity index (χ0) is 13.1. The Morgan fingerprint density at radius 2 is 1.88 bits per heavy atom. The zero-order valence-electron chi connectivity index (χ0n) is 12.3. The van der Waals surface area contributed by atoms with Gasteiger partial charge in [0.05, 0.1) is 5.60 Å². The summed E-state index contributed by atoms with van der Waals surface area (Å²) in [7, 11) is 0. The quantitative estimate of drug-likeness (QED) is 0.775. The van der Waals surface area contributed by atoms with Crippen LogP contribution in [0.1, 0.15) is 53.9 Å². The maximum Gasteiger partial charge on any atom is 0.0771 e. The highest BCUT2D eigenvalue weighted by Gasteiger charge is 2.36. The summed E-state index contributed by atoms with van der Waals surface area (Å²) in [4.78, 5) is 0. The van der Waals surface area contributed by atoms with Crippen LogP contribution in [0.25, 0.3) is 0 Å². The Morgan fingerprint density at radius 1 is 1.24 bits per heavy atom. The number of rotatable bonds is 5. The Kier molecular flexibility index (Phi) is 5.46. The van der Waals surface area contributed by atoms with Gasteiger partial charge in [-0.15, -0.1) is 0 Å². The molecule has 0 radical (unpaired) electrons. The molecule has 0 aliphatic heterocycles. The molecule has 0 bridgehead atoms. The maximum absolute atomic E-state index is 10.6. The second kappa shape index (κ2) is 6.19. The number of aliphatic hydroxyl groups is 1. The average Bonchev–Trinajstić information content (AvgIpc) is 2.21. The largest absolute Gasteiger partial charge is 0.389 e. The fraction of sp³-hybridized carbons (Fsp3) is 1.00. The van der Waals surface area contributed by atoms with Crippen molar-refractivity contribution >= 4 is 0 Å². The Morgan fingerprint density at radius 3 is 2.41 bits per heavy atom. The van der Waals surface area contributed by atoms with Crippen molar-refractivity contribution in [2.75, 3.05) is 13.1 Å². The Hall–Kier alpha value is -0.0800. The average molecular weight is 241 g/mol. The Balaban J connectivity index is 2.41. The molecule has 4 atom stereocenters. The van der Waals surface area contributed by atoms with Gasteiger partial charge >= 0.3 is 0 Å². The van der Waals surface area contributed by atoms with Gasteiger partial charge in [-0.25, -0.2) is 0 Å². The van der Waals surface area contributed by atoms with Gasteiger partial charge in [-0.2, -0.15) is 0 Å². The van der Waals surface area contributed by atoms with Crippen LogP contribution in [0.5, 0.6) is 0 Å². The highest BCUT2D eigenvalue weighted by Crippen LogP contribution is 2.38. The fourth-order valence-corrected chi connectivity index (χ4v) is 2.87. The molecule has 102 valence electrons. The molecule has 1 saturated carbocycles. The first-order chi connectivity index (χ1) is 7.83. The molecule has 17 heavy (non-hydrogen) atoms. The van der Waals surface area contributed by atoms with Crippen molar-refractivity contribution in [3.8, 4) is 0 Å². The molecule has 0 amide bonds. The van der Waals surface area contributed by atoms with Gasteiger partial charge in [0.25, 0.3) is 0 Å². The summed E-state index contributed by atoms with van der Waals surface area (Å²) in [6.45, 7) is 12.8. The molecule has 1 fully saturated rings. The second-order valence-electron chi connectivity index (χ2n) is 6.85. The molecular formula is C15H31NO. The van der Waals surface area contributed by atoms with E-state index >= 15 is 0 Å². The molecule has 0 saturated heterocycles. The van der Waals surface area contributed by atoms with Crippen molar-refractivity contribution < 1.29 is 5.11 Å². The summed E-state index contributed by atoms with van der Waals surface area (Å²) < 4.78 is 0. The minimum Gasteiger partial charge on any atom is -0.389 e. The molecule has 0 aromatic carbocycles. The van der Waals surface area contributed by atoms with Crippen molar-refractivity contribution in [1.29, 1.82) is 0 Å². The smallest absolute Gasteiger partial charge is 0.0771 e. The third kappa shape index (κ3) is 4.59. The standard InChI is InChI=1S/C15H31NO/c1-11(2)9-16-10-15(5,17)14-7-6-12(3)13(4)8-14/h11-14,16-17H,6-10H2,1-5H3. The Bertz CT molecular complexity index is 225. The molecule has 2 heteroatoms. The summed E-state index contributed by atoms with van der Waals surface area (Å²) in [5, 5.41) is 14.0. The van der Waals surface area contributed by atoms with Crippen LogP contribution in [0.2, 0.25) is 0 Å². The third-order valence-electron chi connectivity index (χ3n) is 4.51. The van der Waals surface area contributed by atoms with Crippen LogP contribution in [0.3, 0.4) is 0 Å². The van der Waals surface area contributed by atoms with Crippen molar-refractivity contribution in [2.24, 2.45) is 23.7 Å². The predicted molar refractivity (Wildman–Crippen MR) is 74.0 cm³/mol. The number of hydrogen-bond acceptors (Lipinski definition) is 2. The summed E-state index contributed by atoms with van der Waals surface area (Å²) >= 11 is 0. The fourth-order valence-electron chi connectivity index (χ4n) is 2.87. The first-order valence-electron chi connectivity index (χ1n) is 7.26. The van der Waals surface area contributed by atoms with Crippen LogP contribution in [-0.2, 0) is 0 Å². The summed E-state index contributed by atoms with van der Waals surface area (Å²) in [6.07, 6.45) is 3.63. The van der Waals surface area contributed by atoms with Gasteiger partial charge in [-0.1, -0.05) is 34.1 Å². The van der Waals surface area contributed by atoms with Crippen LogP contribution < -0.4 is 5.32 Å². The highest BCUT2D eigenvalue weighted by molar-refractivity contribution is 4.89. The third-order valence-corrected chi connectivity index (χ3v) is 4.51. The number of nitrogens with one attached hydrogen (secondary N) is 1. The molecular weight excluding hydrogens is 210 g/mol. The van der Waals surface area contributed by atoms with Crippen LogP contribution in [0.15, 0.2) is 0 Å². The van der Waals surface area contributed by atoms with Crippen LogP contribution >= 0.6 is 0 Å². The molecule has 1 aliphatic carbocycles. The van der Waals surface area contributed by atoms with E-state index in [2.05, 4.69) is 33.0 Å². The van der Waals surface area contributed by atoms with E-state index in [4.69, 9.17) is 0 Å². The van der Waals surface area contributed by atoms with Crippen LogP contribution in [0, 0.1) is 23.7 Å². The minimum atomic E-state index is -0.538. The first kappa shape index (κ1) is 15.0. The molecule has 0 aromatic rings. The molecule has 0 spiro atoms. The lowest BCUT2D eigenvalue weighted by Gasteiger charge is -2.40. The summed E-state index contributed by atoms with van der Waals surface area (Å²) in [6, 6.07) is 0. The first-order valence-corrected chi connectivity index (χ1v) is 7.26. The van der Waals surface area contributed by atoms with Crippen molar-refractivity contribution in [3.05, 3.63) is 0 Å². The lowest BCUT2D eigenvalue weighted by atomic mass is 9.70. The molecule has 4 unspecified atom stereocenters. The van der Waals surface area contributed by atoms with E-state index in [0.29, 0.717) is 11.8 Å². The van der Waals surface area contributed by atoms with E-state index in [1.807, 2.05) is 6.92 Å². The van der Waals surface area contributed by atoms with Crippen molar-refractivity contribution in [2.45, 2.75) is 59.5 Å². The van der Waals surface area contributed by atoms with E-state index < -0.39 is 5.60 Å². The molecule has 2 nitrogen and oxygen atoms in total. The van der Waals surface area contributed by atoms with Gasteiger partial charge < -0.3 is 10.4 Å². The van der Waals surface area contributed by atoms with E-state index in [1.165, 1.54) is 19.3 Å². The lowest BCUT2D eigenvalue weighted by Crippen LogP contribution is -2.47. The number of hydrogen-bond donors (Lipinski definition) is 2. The van der Waals surface area contributed by atoms with Gasteiger partial charge in [-0.05, 0) is 50.0 Å². The van der Waals surface area contributed by atoms with Gasteiger partial charge in [0.1, 0.15) is 0 Å². The van der Waals surface area contributed by atoms with Gasteiger partial charge in [0, 0.05) is 6.54 Å². The molecule has 0 heterocycles. The summed E-state index contributed by atoms with van der Waals surface area (Å²) in [5.41, 5.74) is -0.538. The Labute approximate surface area is 107 Å². The lowest BCUT2D eigenvalue weighted by molar-refractivity contribution is -0.0308. The zero-order valence-corrected chi connectivity index (χ0v) is 12.3. The van der Waals surface area contributed by atoms with E-state index in [9.17, 15) is 5.11 Å². The second-order valence-corrected chi connectivity index (χ2v) is 6.85. The molecule has 1 rings (SSSR count).